The Labute approximate surface area is 167 Å². The summed E-state index contributed by atoms with van der Waals surface area (Å²) in [5.41, 5.74) is 13.7. The SMILES string of the molecule is CN(Cc1cc(N)cc(N)n1)c1ccc(C(=O)N[C@@H](CCC(=O)O)C(=O)O)cc1. The molecule has 0 fully saturated rings. The number of carboxylic acid groups (broad SMARTS) is 2. The Kier molecular flexibility index (Phi) is 6.96. The second-order valence-corrected chi connectivity index (χ2v) is 6.52. The molecule has 10 heteroatoms. The first-order valence-corrected chi connectivity index (χ1v) is 8.74. The van der Waals surface area contributed by atoms with Crippen LogP contribution in [0.5, 0.6) is 0 Å². The molecule has 1 aromatic heterocycles. The Balaban J connectivity index is 2.03. The Morgan fingerprint density at radius 2 is 1.79 bits per heavy atom. The number of benzene rings is 1. The van der Waals surface area contributed by atoms with E-state index in [1.165, 1.54) is 0 Å². The molecule has 0 aliphatic heterocycles. The molecule has 1 amide bonds. The van der Waals surface area contributed by atoms with E-state index in [-0.39, 0.29) is 18.4 Å². The minimum absolute atomic E-state index is 0.201. The van der Waals surface area contributed by atoms with Crippen LogP contribution in [0, 0.1) is 0 Å². The molecule has 0 unspecified atom stereocenters. The van der Waals surface area contributed by atoms with Crippen LogP contribution in [0.3, 0.4) is 0 Å². The van der Waals surface area contributed by atoms with Gasteiger partial charge < -0.3 is 31.9 Å². The molecule has 0 radical (unpaired) electrons. The molecule has 7 N–H and O–H groups in total. The Morgan fingerprint density at radius 1 is 1.14 bits per heavy atom. The van der Waals surface area contributed by atoms with E-state index in [1.54, 1.807) is 36.4 Å². The van der Waals surface area contributed by atoms with Crippen LogP contribution in [0.2, 0.25) is 0 Å². The quantitative estimate of drug-likeness (QED) is 0.410. The molecule has 2 aromatic rings. The summed E-state index contributed by atoms with van der Waals surface area (Å²) < 4.78 is 0. The monoisotopic (exact) mass is 401 g/mol. The summed E-state index contributed by atoms with van der Waals surface area (Å²) in [4.78, 5) is 40.2. The van der Waals surface area contributed by atoms with Gasteiger partial charge in [0.15, 0.2) is 0 Å². The molecule has 1 aromatic carbocycles. The van der Waals surface area contributed by atoms with E-state index < -0.39 is 23.9 Å². The van der Waals surface area contributed by atoms with Gasteiger partial charge in [0.2, 0.25) is 0 Å². The molecule has 0 aliphatic rings. The number of nitrogens with two attached hydrogens (primary N) is 2. The second-order valence-electron chi connectivity index (χ2n) is 6.52. The van der Waals surface area contributed by atoms with Gasteiger partial charge in [0.05, 0.1) is 12.2 Å². The lowest BCUT2D eigenvalue weighted by molar-refractivity contribution is -0.140. The van der Waals surface area contributed by atoms with Crippen LogP contribution in [-0.2, 0) is 16.1 Å². The van der Waals surface area contributed by atoms with Crippen molar-refractivity contribution in [1.82, 2.24) is 10.3 Å². The zero-order chi connectivity index (χ0) is 21.6. The molecule has 0 spiro atoms. The maximum absolute atomic E-state index is 12.3. The van der Waals surface area contributed by atoms with E-state index in [4.69, 9.17) is 21.7 Å². The number of aliphatic carboxylic acids is 2. The number of nitrogen functional groups attached to an aromatic ring is 2. The summed E-state index contributed by atoms with van der Waals surface area (Å²) in [5.74, 6) is -2.68. The lowest BCUT2D eigenvalue weighted by Gasteiger charge is -2.20. The van der Waals surface area contributed by atoms with E-state index in [0.717, 1.165) is 5.69 Å². The highest BCUT2D eigenvalue weighted by molar-refractivity contribution is 5.97. The van der Waals surface area contributed by atoms with E-state index >= 15 is 0 Å². The zero-order valence-electron chi connectivity index (χ0n) is 15.8. The van der Waals surface area contributed by atoms with Gasteiger partial charge in [0.25, 0.3) is 5.91 Å². The summed E-state index contributed by atoms with van der Waals surface area (Å²) >= 11 is 0. The number of carboxylic acids is 2. The maximum Gasteiger partial charge on any atom is 0.326 e. The highest BCUT2D eigenvalue weighted by atomic mass is 16.4. The van der Waals surface area contributed by atoms with E-state index in [9.17, 15) is 14.4 Å². The van der Waals surface area contributed by atoms with Gasteiger partial charge in [-0.2, -0.15) is 0 Å². The third-order valence-corrected chi connectivity index (χ3v) is 4.14. The van der Waals surface area contributed by atoms with Crippen molar-refractivity contribution in [2.24, 2.45) is 0 Å². The highest BCUT2D eigenvalue weighted by Crippen LogP contribution is 2.18. The first-order chi connectivity index (χ1) is 13.7. The molecule has 10 nitrogen and oxygen atoms in total. The summed E-state index contributed by atoms with van der Waals surface area (Å²) in [7, 11) is 1.84. The number of aromatic nitrogens is 1. The van der Waals surface area contributed by atoms with Crippen LogP contribution in [0.1, 0.15) is 28.9 Å². The van der Waals surface area contributed by atoms with E-state index in [1.807, 2.05) is 11.9 Å². The average molecular weight is 401 g/mol. The molecule has 1 atom stereocenters. The topological polar surface area (TPSA) is 172 Å². The molecule has 1 heterocycles. The molecule has 0 bridgehead atoms. The van der Waals surface area contributed by atoms with Crippen LogP contribution in [0.15, 0.2) is 36.4 Å². The number of pyridine rings is 1. The lowest BCUT2D eigenvalue weighted by atomic mass is 10.1. The second kappa shape index (κ2) is 9.40. The zero-order valence-corrected chi connectivity index (χ0v) is 15.8. The van der Waals surface area contributed by atoms with Crippen LogP contribution < -0.4 is 21.7 Å². The molecule has 0 aliphatic carbocycles. The van der Waals surface area contributed by atoms with Crippen molar-refractivity contribution in [3.8, 4) is 0 Å². The van der Waals surface area contributed by atoms with Crippen molar-refractivity contribution in [3.63, 3.8) is 0 Å². The van der Waals surface area contributed by atoms with Crippen LogP contribution in [-0.4, -0.2) is 46.1 Å². The van der Waals surface area contributed by atoms with Crippen molar-refractivity contribution in [1.29, 1.82) is 0 Å². The van der Waals surface area contributed by atoms with E-state index in [2.05, 4.69) is 10.3 Å². The number of rotatable bonds is 9. The molecule has 0 saturated heterocycles. The van der Waals surface area contributed by atoms with Crippen LogP contribution in [0.25, 0.3) is 0 Å². The molecular formula is C19H23N5O5. The lowest BCUT2D eigenvalue weighted by Crippen LogP contribution is -2.41. The number of amides is 1. The smallest absolute Gasteiger partial charge is 0.326 e. The number of nitrogens with zero attached hydrogens (tertiary/aromatic N) is 2. The maximum atomic E-state index is 12.3. The van der Waals surface area contributed by atoms with Gasteiger partial charge in [-0.15, -0.1) is 0 Å². The normalized spacial score (nSPS) is 11.5. The predicted octanol–water partition coefficient (Wildman–Crippen LogP) is 0.930. The van der Waals surface area contributed by atoms with Gasteiger partial charge in [-0.3, -0.25) is 9.59 Å². The van der Waals surface area contributed by atoms with Crippen LogP contribution >= 0.6 is 0 Å². The predicted molar refractivity (Wildman–Crippen MR) is 107 cm³/mol. The molecule has 2 rings (SSSR count). The number of nitrogens with one attached hydrogen (secondary N) is 1. The minimum atomic E-state index is -1.29. The van der Waals surface area contributed by atoms with Gasteiger partial charge in [0.1, 0.15) is 11.9 Å². The number of carbonyl (C=O) groups excluding carboxylic acids is 1. The largest absolute Gasteiger partial charge is 0.481 e. The van der Waals surface area contributed by atoms with Crippen molar-refractivity contribution in [3.05, 3.63) is 47.7 Å². The van der Waals surface area contributed by atoms with Gasteiger partial charge in [0, 0.05) is 36.5 Å². The summed E-state index contributed by atoms with van der Waals surface area (Å²) in [6.07, 6.45) is -0.558. The fourth-order valence-electron chi connectivity index (χ4n) is 2.68. The van der Waals surface area contributed by atoms with E-state index in [0.29, 0.717) is 23.7 Å². The standard InChI is InChI=1S/C19H23N5O5/c1-24(10-13-8-12(20)9-16(21)22-13)14-4-2-11(3-5-14)18(27)23-15(19(28)29)6-7-17(25)26/h2-5,8-9,15H,6-7,10H2,1H3,(H,23,27)(H,25,26)(H,28,29)(H4,20,21,22)/t15-/m0/s1. The van der Waals surface area contributed by atoms with Gasteiger partial charge in [-0.1, -0.05) is 0 Å². The van der Waals surface area contributed by atoms with Gasteiger partial charge in [-0.25, -0.2) is 9.78 Å². The number of hydrogen-bond acceptors (Lipinski definition) is 7. The number of carbonyl (C=O) groups is 3. The number of anilines is 3. The van der Waals surface area contributed by atoms with Gasteiger partial charge in [-0.05, 0) is 36.8 Å². The third kappa shape index (κ3) is 6.38. The highest BCUT2D eigenvalue weighted by Gasteiger charge is 2.21. The summed E-state index contributed by atoms with van der Waals surface area (Å²) in [6.45, 7) is 0.442. The summed E-state index contributed by atoms with van der Waals surface area (Å²) in [6, 6.07) is 8.53. The van der Waals surface area contributed by atoms with Crippen LogP contribution in [0.4, 0.5) is 17.2 Å². The first kappa shape index (κ1) is 21.5. The van der Waals surface area contributed by atoms with Crippen molar-refractivity contribution in [2.75, 3.05) is 23.4 Å². The fourth-order valence-corrected chi connectivity index (χ4v) is 2.68. The fraction of sp³-hybridized carbons (Fsp3) is 0.263. The van der Waals surface area contributed by atoms with Crippen molar-refractivity contribution < 1.29 is 24.6 Å². The minimum Gasteiger partial charge on any atom is -0.481 e. The average Bonchev–Trinajstić information content (AvgIpc) is 2.63. The third-order valence-electron chi connectivity index (χ3n) is 4.14. The number of hydrogen-bond donors (Lipinski definition) is 5. The Bertz CT molecular complexity index is 880. The Hall–Kier alpha value is -3.82. The summed E-state index contributed by atoms with van der Waals surface area (Å²) in [5, 5.41) is 20.2. The van der Waals surface area contributed by atoms with Gasteiger partial charge >= 0.3 is 11.9 Å². The van der Waals surface area contributed by atoms with Crippen molar-refractivity contribution in [2.45, 2.75) is 25.4 Å². The Morgan fingerprint density at radius 3 is 2.34 bits per heavy atom. The molecule has 29 heavy (non-hydrogen) atoms. The molecular weight excluding hydrogens is 378 g/mol. The molecule has 154 valence electrons. The molecule has 0 saturated carbocycles. The van der Waals surface area contributed by atoms with Crippen molar-refractivity contribution >= 4 is 35.0 Å². The first-order valence-electron chi connectivity index (χ1n) is 8.74.